The molecule has 0 aromatic heterocycles. The van der Waals surface area contributed by atoms with E-state index in [1.807, 2.05) is 0 Å². The summed E-state index contributed by atoms with van der Waals surface area (Å²) in [6.45, 7) is 14.1. The molecule has 7 heteroatoms. The molecule has 2 rings (SSSR count). The molecule has 2 aliphatic rings. The standard InChI is InChI=1S/C15H28F2O4Si/c1-14(2,3)22(6,7)18-8-9-10(12(16)17)11-13(19-9)21-15(4,5)20-11/h9-13H,8H2,1-7H3/t9-,10-,11-,13-/m1/s1. The van der Waals surface area contributed by atoms with Gasteiger partial charge in [-0.1, -0.05) is 20.8 Å². The Kier molecular flexibility index (Phi) is 4.79. The number of hydrogen-bond acceptors (Lipinski definition) is 4. The monoisotopic (exact) mass is 338 g/mol. The van der Waals surface area contributed by atoms with Crippen LogP contribution in [0.1, 0.15) is 34.6 Å². The van der Waals surface area contributed by atoms with Crippen LogP contribution in [0.5, 0.6) is 0 Å². The van der Waals surface area contributed by atoms with Crippen LogP contribution >= 0.6 is 0 Å². The van der Waals surface area contributed by atoms with E-state index in [1.165, 1.54) is 0 Å². The molecule has 2 fully saturated rings. The van der Waals surface area contributed by atoms with E-state index < -0.39 is 44.9 Å². The summed E-state index contributed by atoms with van der Waals surface area (Å²) in [5, 5.41) is 0.0246. The smallest absolute Gasteiger partial charge is 0.246 e. The highest BCUT2D eigenvalue weighted by Gasteiger charge is 2.58. The van der Waals surface area contributed by atoms with Crippen molar-refractivity contribution < 1.29 is 27.4 Å². The second kappa shape index (κ2) is 5.77. The first-order chi connectivity index (χ1) is 9.84. The molecule has 4 atom stereocenters. The van der Waals surface area contributed by atoms with Crippen molar-refractivity contribution in [3.63, 3.8) is 0 Å². The van der Waals surface area contributed by atoms with Crippen molar-refractivity contribution in [2.45, 2.75) is 83.5 Å². The molecule has 0 N–H and O–H groups in total. The number of alkyl halides is 2. The van der Waals surface area contributed by atoms with E-state index in [4.69, 9.17) is 18.6 Å². The van der Waals surface area contributed by atoms with Crippen LogP contribution in [0.15, 0.2) is 0 Å². The summed E-state index contributed by atoms with van der Waals surface area (Å²) < 4.78 is 49.8. The first-order valence-corrected chi connectivity index (χ1v) is 10.7. The van der Waals surface area contributed by atoms with Crippen molar-refractivity contribution in [2.75, 3.05) is 6.61 Å². The van der Waals surface area contributed by atoms with Crippen molar-refractivity contribution in [1.82, 2.24) is 0 Å². The van der Waals surface area contributed by atoms with Crippen molar-refractivity contribution >= 4 is 8.32 Å². The van der Waals surface area contributed by atoms with Crippen LogP contribution in [0, 0.1) is 5.92 Å². The molecule has 2 saturated heterocycles. The molecule has 0 radical (unpaired) electrons. The molecule has 0 unspecified atom stereocenters. The third-order valence-corrected chi connectivity index (χ3v) is 9.41. The van der Waals surface area contributed by atoms with E-state index in [-0.39, 0.29) is 11.6 Å². The fraction of sp³-hybridized carbons (Fsp3) is 1.00. The zero-order valence-electron chi connectivity index (χ0n) is 14.5. The molecule has 0 bridgehead atoms. The van der Waals surface area contributed by atoms with Gasteiger partial charge in [-0.25, -0.2) is 8.78 Å². The lowest BCUT2D eigenvalue weighted by Crippen LogP contribution is -2.45. The molecule has 2 heterocycles. The largest absolute Gasteiger partial charge is 0.414 e. The van der Waals surface area contributed by atoms with Gasteiger partial charge in [0.05, 0.1) is 18.6 Å². The Morgan fingerprint density at radius 1 is 1.18 bits per heavy atom. The molecule has 22 heavy (non-hydrogen) atoms. The van der Waals surface area contributed by atoms with Gasteiger partial charge in [0.1, 0.15) is 6.10 Å². The van der Waals surface area contributed by atoms with Gasteiger partial charge in [0, 0.05) is 0 Å². The second-order valence-electron chi connectivity index (χ2n) is 8.13. The lowest BCUT2D eigenvalue weighted by Gasteiger charge is -2.37. The minimum Gasteiger partial charge on any atom is -0.414 e. The van der Waals surface area contributed by atoms with Crippen LogP contribution in [0.25, 0.3) is 0 Å². The van der Waals surface area contributed by atoms with E-state index in [0.29, 0.717) is 0 Å². The van der Waals surface area contributed by atoms with Crippen molar-refractivity contribution in [3.05, 3.63) is 0 Å². The highest BCUT2D eigenvalue weighted by Crippen LogP contribution is 2.44. The van der Waals surface area contributed by atoms with Gasteiger partial charge in [-0.05, 0) is 32.0 Å². The maximum atomic E-state index is 13.5. The van der Waals surface area contributed by atoms with Gasteiger partial charge in [0.25, 0.3) is 0 Å². The minimum absolute atomic E-state index is 0.0246. The normalized spacial score (nSPS) is 35.2. The maximum absolute atomic E-state index is 13.5. The third kappa shape index (κ3) is 3.53. The van der Waals surface area contributed by atoms with Gasteiger partial charge in [0.2, 0.25) is 6.43 Å². The average molecular weight is 338 g/mol. The maximum Gasteiger partial charge on any atom is 0.246 e. The van der Waals surface area contributed by atoms with Gasteiger partial charge in [-0.2, -0.15) is 0 Å². The van der Waals surface area contributed by atoms with Crippen LogP contribution < -0.4 is 0 Å². The van der Waals surface area contributed by atoms with Crippen LogP contribution in [0.4, 0.5) is 8.78 Å². The summed E-state index contributed by atoms with van der Waals surface area (Å²) in [4.78, 5) is 0. The van der Waals surface area contributed by atoms with Gasteiger partial charge < -0.3 is 18.6 Å². The van der Waals surface area contributed by atoms with Crippen LogP contribution in [-0.4, -0.2) is 45.6 Å². The Bertz CT molecular complexity index is 409. The second-order valence-corrected chi connectivity index (χ2v) is 12.9. The Balaban J connectivity index is 2.04. The van der Waals surface area contributed by atoms with E-state index in [9.17, 15) is 8.78 Å². The molecule has 0 aromatic carbocycles. The van der Waals surface area contributed by atoms with E-state index in [1.54, 1.807) is 13.8 Å². The number of fused-ring (bicyclic) bond motifs is 1. The summed E-state index contributed by atoms with van der Waals surface area (Å²) in [5.74, 6) is -1.90. The van der Waals surface area contributed by atoms with Gasteiger partial charge in [-0.15, -0.1) is 0 Å². The van der Waals surface area contributed by atoms with Crippen molar-refractivity contribution in [3.8, 4) is 0 Å². The topological polar surface area (TPSA) is 36.9 Å². The molecular formula is C15H28F2O4Si. The predicted octanol–water partition coefficient (Wildman–Crippen LogP) is 3.77. The Hall–Kier alpha value is -0.0831. The fourth-order valence-electron chi connectivity index (χ4n) is 2.56. The van der Waals surface area contributed by atoms with E-state index >= 15 is 0 Å². The van der Waals surface area contributed by atoms with E-state index in [2.05, 4.69) is 33.9 Å². The SMILES string of the molecule is CC1(C)O[C@H]2O[C@H](CO[Si](C)(C)C(C)(C)C)[C@@H](C(F)F)[C@H]2O1. The van der Waals surface area contributed by atoms with Gasteiger partial charge >= 0.3 is 0 Å². The van der Waals surface area contributed by atoms with Gasteiger partial charge in [0.15, 0.2) is 20.4 Å². The van der Waals surface area contributed by atoms with Gasteiger partial charge in [-0.3, -0.25) is 0 Å². The molecule has 0 aliphatic carbocycles. The summed E-state index contributed by atoms with van der Waals surface area (Å²) in [6, 6.07) is 0. The van der Waals surface area contributed by atoms with Crippen LogP contribution in [-0.2, 0) is 18.6 Å². The number of rotatable bonds is 4. The molecule has 0 amide bonds. The summed E-state index contributed by atoms with van der Waals surface area (Å²) in [5.41, 5.74) is 0. The lowest BCUT2D eigenvalue weighted by molar-refractivity contribution is -0.218. The van der Waals surface area contributed by atoms with Crippen molar-refractivity contribution in [1.29, 1.82) is 0 Å². The highest BCUT2D eigenvalue weighted by atomic mass is 28.4. The molecule has 0 aromatic rings. The Morgan fingerprint density at radius 2 is 1.77 bits per heavy atom. The lowest BCUT2D eigenvalue weighted by atomic mass is 9.99. The molecule has 4 nitrogen and oxygen atoms in total. The summed E-state index contributed by atoms with van der Waals surface area (Å²) in [6.07, 6.45) is -4.69. The summed E-state index contributed by atoms with van der Waals surface area (Å²) in [7, 11) is -2.01. The Labute approximate surface area is 132 Å². The molecule has 2 aliphatic heterocycles. The Morgan fingerprint density at radius 3 is 2.27 bits per heavy atom. The van der Waals surface area contributed by atoms with Crippen molar-refractivity contribution in [2.24, 2.45) is 5.92 Å². The zero-order valence-corrected chi connectivity index (χ0v) is 15.5. The first kappa shape index (κ1) is 18.3. The molecule has 0 spiro atoms. The number of ether oxygens (including phenoxy) is 3. The zero-order chi connectivity index (χ0) is 16.9. The number of halogens is 2. The predicted molar refractivity (Wildman–Crippen MR) is 81.3 cm³/mol. The number of hydrogen-bond donors (Lipinski definition) is 0. The first-order valence-electron chi connectivity index (χ1n) is 7.77. The van der Waals surface area contributed by atoms with Crippen LogP contribution in [0.2, 0.25) is 18.1 Å². The third-order valence-electron chi connectivity index (χ3n) is 4.91. The molecular weight excluding hydrogens is 310 g/mol. The molecule has 130 valence electrons. The molecule has 0 saturated carbocycles. The summed E-state index contributed by atoms with van der Waals surface area (Å²) >= 11 is 0. The van der Waals surface area contributed by atoms with Crippen LogP contribution in [0.3, 0.4) is 0 Å². The average Bonchev–Trinajstić information content (AvgIpc) is 2.75. The van der Waals surface area contributed by atoms with E-state index in [0.717, 1.165) is 0 Å². The quantitative estimate of drug-likeness (QED) is 0.731. The minimum atomic E-state index is -2.53. The highest BCUT2D eigenvalue weighted by molar-refractivity contribution is 6.74. The fourth-order valence-corrected chi connectivity index (χ4v) is 3.57.